The molecule has 0 saturated carbocycles. The Morgan fingerprint density at radius 2 is 2.29 bits per heavy atom. The van der Waals surface area contributed by atoms with E-state index in [0.717, 1.165) is 19.4 Å². The van der Waals surface area contributed by atoms with Gasteiger partial charge in [0.2, 0.25) is 15.9 Å². The van der Waals surface area contributed by atoms with E-state index in [0.29, 0.717) is 6.54 Å². The third-order valence-electron chi connectivity index (χ3n) is 2.23. The lowest BCUT2D eigenvalue weighted by Gasteiger charge is -2.20. The quantitative estimate of drug-likeness (QED) is 0.693. The van der Waals surface area contributed by atoms with Gasteiger partial charge in [-0.25, -0.2) is 13.7 Å². The van der Waals surface area contributed by atoms with Gasteiger partial charge in [-0.2, -0.15) is 0 Å². The number of sulfonamides is 1. The van der Waals surface area contributed by atoms with E-state index >= 15 is 0 Å². The van der Waals surface area contributed by atoms with Crippen LogP contribution in [0, 0.1) is 5.92 Å². The van der Waals surface area contributed by atoms with Gasteiger partial charge < -0.3 is 0 Å². The molecule has 0 aromatic heterocycles. The Labute approximate surface area is 84.3 Å². The molecular formula is C8H15N2O3S. The molecule has 0 bridgehead atoms. The van der Waals surface area contributed by atoms with Gasteiger partial charge in [0, 0.05) is 13.1 Å². The molecule has 1 rings (SSSR count). The van der Waals surface area contributed by atoms with Crippen LogP contribution in [0.3, 0.4) is 0 Å². The number of carbonyl (C=O) groups excluding carboxylic acids is 1. The minimum atomic E-state index is -3.41. The van der Waals surface area contributed by atoms with Crippen LogP contribution in [0.4, 0.5) is 0 Å². The van der Waals surface area contributed by atoms with E-state index in [9.17, 15) is 13.2 Å². The van der Waals surface area contributed by atoms with Crippen LogP contribution >= 0.6 is 0 Å². The summed E-state index contributed by atoms with van der Waals surface area (Å²) in [5, 5.41) is 4.08. The predicted molar refractivity (Wildman–Crippen MR) is 52.2 cm³/mol. The lowest BCUT2D eigenvalue weighted by Crippen LogP contribution is -2.41. The number of amides is 1. The van der Waals surface area contributed by atoms with Gasteiger partial charge in [0.25, 0.3) is 0 Å². The van der Waals surface area contributed by atoms with Crippen molar-refractivity contribution in [1.29, 1.82) is 0 Å². The second-order valence-corrected chi connectivity index (χ2v) is 5.35. The summed E-state index contributed by atoms with van der Waals surface area (Å²) in [6.07, 6.45) is 1.60. The molecule has 5 nitrogen and oxygen atoms in total. The summed E-state index contributed by atoms with van der Waals surface area (Å²) >= 11 is 0. The number of rotatable bonds is 3. The highest BCUT2D eigenvalue weighted by atomic mass is 32.2. The van der Waals surface area contributed by atoms with Gasteiger partial charge in [-0.1, -0.05) is 0 Å². The molecule has 0 aromatic carbocycles. The van der Waals surface area contributed by atoms with Crippen molar-refractivity contribution in [2.24, 2.45) is 5.92 Å². The maximum absolute atomic E-state index is 11.4. The summed E-state index contributed by atoms with van der Waals surface area (Å²) in [5.41, 5.74) is 0. The van der Waals surface area contributed by atoms with Crippen LogP contribution in [0.1, 0.15) is 19.8 Å². The molecule has 0 aromatic rings. The average Bonchev–Trinajstić information content (AvgIpc) is 2.19. The molecule has 0 aliphatic carbocycles. The fourth-order valence-electron chi connectivity index (χ4n) is 1.31. The summed E-state index contributed by atoms with van der Waals surface area (Å²) < 4.78 is 24.2. The van der Waals surface area contributed by atoms with Crippen LogP contribution in [0.5, 0.6) is 0 Å². The first-order valence-corrected chi connectivity index (χ1v) is 6.38. The molecule has 6 heteroatoms. The van der Waals surface area contributed by atoms with Crippen molar-refractivity contribution >= 4 is 15.9 Å². The third-order valence-corrected chi connectivity index (χ3v) is 3.50. The summed E-state index contributed by atoms with van der Waals surface area (Å²) in [6, 6.07) is 0. The van der Waals surface area contributed by atoms with Crippen molar-refractivity contribution in [2.45, 2.75) is 19.8 Å². The van der Waals surface area contributed by atoms with Gasteiger partial charge in [0.05, 0.1) is 11.7 Å². The number of carbonyl (C=O) groups is 1. The van der Waals surface area contributed by atoms with Crippen molar-refractivity contribution in [3.8, 4) is 0 Å². The van der Waals surface area contributed by atoms with Crippen LogP contribution in [-0.2, 0) is 14.8 Å². The summed E-state index contributed by atoms with van der Waals surface area (Å²) in [4.78, 5) is 11.4. The Morgan fingerprint density at radius 1 is 1.57 bits per heavy atom. The van der Waals surface area contributed by atoms with Gasteiger partial charge in [0.1, 0.15) is 0 Å². The number of nitrogens with zero attached hydrogens (tertiary/aromatic N) is 1. The first-order valence-electron chi connectivity index (χ1n) is 4.72. The Morgan fingerprint density at radius 3 is 2.79 bits per heavy atom. The van der Waals surface area contributed by atoms with E-state index in [-0.39, 0.29) is 11.7 Å². The normalized spacial score (nSPS) is 23.1. The number of piperidine rings is 1. The van der Waals surface area contributed by atoms with E-state index in [4.69, 9.17) is 0 Å². The van der Waals surface area contributed by atoms with Crippen molar-refractivity contribution in [3.63, 3.8) is 0 Å². The molecule has 81 valence electrons. The molecular weight excluding hydrogens is 204 g/mol. The van der Waals surface area contributed by atoms with E-state index in [2.05, 4.69) is 5.32 Å². The largest absolute Gasteiger partial charge is 0.274 e. The Kier molecular flexibility index (Phi) is 3.88. The maximum Gasteiger partial charge on any atom is 0.237 e. The van der Waals surface area contributed by atoms with Gasteiger partial charge in [-0.3, -0.25) is 9.52 Å². The molecule has 14 heavy (non-hydrogen) atoms. The SMILES string of the molecule is CCS(=O)(=O)NC(=O)C1CCC[N]C1. The van der Waals surface area contributed by atoms with E-state index in [1.165, 1.54) is 6.92 Å². The fraction of sp³-hybridized carbons (Fsp3) is 0.875. The third kappa shape index (κ3) is 3.26. The molecule has 1 aliphatic rings. The summed E-state index contributed by atoms with van der Waals surface area (Å²) in [5.74, 6) is -0.733. The number of hydrogen-bond donors (Lipinski definition) is 1. The van der Waals surface area contributed by atoms with E-state index in [1.54, 1.807) is 0 Å². The van der Waals surface area contributed by atoms with Crippen molar-refractivity contribution in [3.05, 3.63) is 0 Å². The minimum absolute atomic E-state index is 0.0669. The Balaban J connectivity index is 2.49. The minimum Gasteiger partial charge on any atom is -0.274 e. The van der Waals surface area contributed by atoms with Crippen molar-refractivity contribution in [2.75, 3.05) is 18.8 Å². The molecule has 1 saturated heterocycles. The summed E-state index contributed by atoms with van der Waals surface area (Å²) in [6.45, 7) is 2.73. The second-order valence-electron chi connectivity index (χ2n) is 3.34. The van der Waals surface area contributed by atoms with Crippen molar-refractivity contribution < 1.29 is 13.2 Å². The highest BCUT2D eigenvalue weighted by molar-refractivity contribution is 7.90. The average molecular weight is 219 g/mol. The molecule has 1 unspecified atom stereocenters. The maximum atomic E-state index is 11.4. The molecule has 0 spiro atoms. The van der Waals surface area contributed by atoms with E-state index < -0.39 is 15.9 Å². The highest BCUT2D eigenvalue weighted by Crippen LogP contribution is 2.10. The Hall–Kier alpha value is -0.620. The second kappa shape index (κ2) is 4.75. The molecule has 1 atom stereocenters. The highest BCUT2D eigenvalue weighted by Gasteiger charge is 2.24. The lowest BCUT2D eigenvalue weighted by atomic mass is 9.99. The predicted octanol–water partition coefficient (Wildman–Crippen LogP) is -0.533. The standard InChI is InChI=1S/C8H15N2O3S/c1-2-14(12,13)10-8(11)7-4-3-5-9-6-7/h7H,2-6H2,1H3,(H,10,11). The van der Waals surface area contributed by atoms with Crippen LogP contribution < -0.4 is 10.0 Å². The lowest BCUT2D eigenvalue weighted by molar-refractivity contribution is -0.123. The monoisotopic (exact) mass is 219 g/mol. The van der Waals surface area contributed by atoms with Crippen LogP contribution in [0.15, 0.2) is 0 Å². The van der Waals surface area contributed by atoms with Crippen LogP contribution in [0.2, 0.25) is 0 Å². The van der Waals surface area contributed by atoms with Crippen LogP contribution in [-0.4, -0.2) is 33.2 Å². The smallest absolute Gasteiger partial charge is 0.237 e. The van der Waals surface area contributed by atoms with E-state index in [1.807, 2.05) is 4.72 Å². The van der Waals surface area contributed by atoms with Gasteiger partial charge in [-0.15, -0.1) is 0 Å². The molecule has 1 radical (unpaired) electrons. The summed E-state index contributed by atoms with van der Waals surface area (Å²) in [7, 11) is -3.41. The Bertz CT molecular complexity index is 294. The number of hydrogen-bond acceptors (Lipinski definition) is 3. The number of nitrogens with one attached hydrogen (secondary N) is 1. The van der Waals surface area contributed by atoms with Crippen molar-refractivity contribution in [1.82, 2.24) is 10.0 Å². The molecule has 1 fully saturated rings. The molecule has 1 amide bonds. The molecule has 1 N–H and O–H groups in total. The zero-order valence-electron chi connectivity index (χ0n) is 8.19. The van der Waals surface area contributed by atoms with Gasteiger partial charge in [0.15, 0.2) is 0 Å². The zero-order valence-corrected chi connectivity index (χ0v) is 9.01. The first-order chi connectivity index (χ1) is 6.55. The molecule has 1 aliphatic heterocycles. The van der Waals surface area contributed by atoms with Crippen LogP contribution in [0.25, 0.3) is 0 Å². The zero-order chi connectivity index (χ0) is 10.6. The van der Waals surface area contributed by atoms with Gasteiger partial charge in [-0.05, 0) is 19.8 Å². The fourth-order valence-corrected chi connectivity index (χ4v) is 1.93. The topological polar surface area (TPSA) is 77.3 Å². The van der Waals surface area contributed by atoms with Gasteiger partial charge >= 0.3 is 0 Å². The molecule has 1 heterocycles. The first kappa shape index (κ1) is 11.5.